The summed E-state index contributed by atoms with van der Waals surface area (Å²) < 4.78 is 5.77. The van der Waals surface area contributed by atoms with Crippen molar-refractivity contribution in [2.75, 3.05) is 39.9 Å². The van der Waals surface area contributed by atoms with Gasteiger partial charge in [-0.15, -0.1) is 11.3 Å². The van der Waals surface area contributed by atoms with Gasteiger partial charge in [0.25, 0.3) is 0 Å². The minimum atomic E-state index is 0.262. The molecule has 1 aromatic heterocycles. The second kappa shape index (κ2) is 8.08. The van der Waals surface area contributed by atoms with Crippen LogP contribution in [0.25, 0.3) is 0 Å². The lowest BCUT2D eigenvalue weighted by molar-refractivity contribution is -0.0237. The second-order valence-corrected chi connectivity index (χ2v) is 6.70. The summed E-state index contributed by atoms with van der Waals surface area (Å²) in [5, 5.41) is 5.72. The van der Waals surface area contributed by atoms with Crippen LogP contribution in [0, 0.1) is 5.41 Å². The SMILES string of the molecule is CCCNCC1(CN(C)Cc2cscn2)CCCOC1. The molecule has 0 bridgehead atoms. The highest BCUT2D eigenvalue weighted by Gasteiger charge is 2.33. The topological polar surface area (TPSA) is 37.4 Å². The van der Waals surface area contributed by atoms with E-state index in [9.17, 15) is 0 Å². The molecule has 1 aromatic rings. The van der Waals surface area contributed by atoms with Gasteiger partial charge in [-0.2, -0.15) is 0 Å². The Labute approximate surface area is 126 Å². The zero-order valence-electron chi connectivity index (χ0n) is 12.7. The molecule has 0 aromatic carbocycles. The molecule has 0 saturated carbocycles. The third kappa shape index (κ3) is 4.81. The lowest BCUT2D eigenvalue weighted by atomic mass is 9.81. The van der Waals surface area contributed by atoms with Gasteiger partial charge in [-0.3, -0.25) is 4.90 Å². The molecule has 4 nitrogen and oxygen atoms in total. The lowest BCUT2D eigenvalue weighted by Crippen LogP contribution is -2.48. The number of nitrogens with one attached hydrogen (secondary N) is 1. The van der Waals surface area contributed by atoms with E-state index in [4.69, 9.17) is 4.74 Å². The summed E-state index contributed by atoms with van der Waals surface area (Å²) in [6.45, 7) is 8.17. The summed E-state index contributed by atoms with van der Waals surface area (Å²) >= 11 is 1.67. The van der Waals surface area contributed by atoms with Crippen molar-refractivity contribution in [1.29, 1.82) is 0 Å². The Morgan fingerprint density at radius 2 is 2.45 bits per heavy atom. The Morgan fingerprint density at radius 1 is 1.55 bits per heavy atom. The van der Waals surface area contributed by atoms with E-state index in [1.807, 2.05) is 5.51 Å². The molecule has 0 aliphatic carbocycles. The first-order chi connectivity index (χ1) is 9.74. The van der Waals surface area contributed by atoms with Crippen molar-refractivity contribution in [2.24, 2.45) is 5.41 Å². The highest BCUT2D eigenvalue weighted by atomic mass is 32.1. The molecular weight excluding hydrogens is 270 g/mol. The number of rotatable bonds is 8. The highest BCUT2D eigenvalue weighted by Crippen LogP contribution is 2.29. The standard InChI is InChI=1S/C15H27N3OS/c1-3-6-16-10-15(5-4-7-19-12-15)11-18(2)8-14-9-20-13-17-14/h9,13,16H,3-8,10-12H2,1-2H3. The fourth-order valence-electron chi connectivity index (χ4n) is 2.98. The molecule has 2 heterocycles. The van der Waals surface area contributed by atoms with Crippen molar-refractivity contribution in [2.45, 2.75) is 32.7 Å². The zero-order valence-corrected chi connectivity index (χ0v) is 13.5. The largest absolute Gasteiger partial charge is 0.381 e. The first kappa shape index (κ1) is 15.9. The maximum Gasteiger partial charge on any atom is 0.0795 e. The molecule has 0 amide bonds. The molecule has 2 rings (SSSR count). The number of aromatic nitrogens is 1. The van der Waals surface area contributed by atoms with Gasteiger partial charge in [-0.25, -0.2) is 4.98 Å². The summed E-state index contributed by atoms with van der Waals surface area (Å²) in [6, 6.07) is 0. The number of ether oxygens (including phenoxy) is 1. The van der Waals surface area contributed by atoms with Crippen molar-refractivity contribution in [3.8, 4) is 0 Å². The molecule has 114 valence electrons. The van der Waals surface area contributed by atoms with Crippen LogP contribution in [0.5, 0.6) is 0 Å². The maximum absolute atomic E-state index is 5.77. The van der Waals surface area contributed by atoms with Crippen LogP contribution in [0.1, 0.15) is 31.9 Å². The van der Waals surface area contributed by atoms with Gasteiger partial charge >= 0.3 is 0 Å². The van der Waals surface area contributed by atoms with Crippen LogP contribution >= 0.6 is 11.3 Å². The number of nitrogens with zero attached hydrogens (tertiary/aromatic N) is 2. The zero-order chi connectivity index (χ0) is 14.3. The number of hydrogen-bond acceptors (Lipinski definition) is 5. The molecular formula is C15H27N3OS. The summed E-state index contributed by atoms with van der Waals surface area (Å²) in [5.74, 6) is 0. The van der Waals surface area contributed by atoms with Crippen molar-refractivity contribution in [3.05, 3.63) is 16.6 Å². The molecule has 20 heavy (non-hydrogen) atoms. The van der Waals surface area contributed by atoms with Gasteiger partial charge in [0, 0.05) is 37.0 Å². The van der Waals surface area contributed by atoms with Crippen LogP contribution in [0.2, 0.25) is 0 Å². The van der Waals surface area contributed by atoms with Gasteiger partial charge in [-0.05, 0) is 32.9 Å². The third-order valence-corrected chi connectivity index (χ3v) is 4.49. The van der Waals surface area contributed by atoms with E-state index in [1.54, 1.807) is 11.3 Å². The molecule has 1 fully saturated rings. The fraction of sp³-hybridized carbons (Fsp3) is 0.800. The second-order valence-electron chi connectivity index (χ2n) is 5.98. The molecule has 1 aliphatic rings. The van der Waals surface area contributed by atoms with Gasteiger partial charge < -0.3 is 10.1 Å². The molecule has 1 saturated heterocycles. The van der Waals surface area contributed by atoms with Crippen LogP contribution < -0.4 is 5.32 Å². The molecule has 0 radical (unpaired) electrons. The first-order valence-corrected chi connectivity index (χ1v) is 8.52. The van der Waals surface area contributed by atoms with Crippen molar-refractivity contribution < 1.29 is 4.74 Å². The minimum absolute atomic E-state index is 0.262. The van der Waals surface area contributed by atoms with E-state index >= 15 is 0 Å². The maximum atomic E-state index is 5.77. The van der Waals surface area contributed by atoms with E-state index in [0.29, 0.717) is 0 Å². The average Bonchev–Trinajstić information content (AvgIpc) is 2.92. The van der Waals surface area contributed by atoms with Crippen LogP contribution in [0.3, 0.4) is 0 Å². The normalized spacial score (nSPS) is 23.4. The minimum Gasteiger partial charge on any atom is -0.381 e. The van der Waals surface area contributed by atoms with Crippen LogP contribution in [0.4, 0.5) is 0 Å². The van der Waals surface area contributed by atoms with Crippen LogP contribution in [-0.2, 0) is 11.3 Å². The van der Waals surface area contributed by atoms with E-state index in [-0.39, 0.29) is 5.41 Å². The van der Waals surface area contributed by atoms with Crippen molar-refractivity contribution >= 4 is 11.3 Å². The van der Waals surface area contributed by atoms with Crippen LogP contribution in [0.15, 0.2) is 10.9 Å². The highest BCUT2D eigenvalue weighted by molar-refractivity contribution is 7.07. The molecule has 1 N–H and O–H groups in total. The Morgan fingerprint density at radius 3 is 3.10 bits per heavy atom. The van der Waals surface area contributed by atoms with E-state index < -0.39 is 0 Å². The van der Waals surface area contributed by atoms with Gasteiger partial charge in [0.1, 0.15) is 0 Å². The quantitative estimate of drug-likeness (QED) is 0.748. The van der Waals surface area contributed by atoms with Gasteiger partial charge in [0.15, 0.2) is 0 Å². The molecule has 1 unspecified atom stereocenters. The summed E-state index contributed by atoms with van der Waals surface area (Å²) in [7, 11) is 2.19. The smallest absolute Gasteiger partial charge is 0.0795 e. The Bertz CT molecular complexity index is 363. The van der Waals surface area contributed by atoms with E-state index in [1.165, 1.54) is 25.0 Å². The average molecular weight is 297 g/mol. The predicted molar refractivity (Wildman–Crippen MR) is 84.1 cm³/mol. The number of hydrogen-bond donors (Lipinski definition) is 1. The third-order valence-electron chi connectivity index (χ3n) is 3.85. The molecule has 0 spiro atoms. The Balaban J connectivity index is 1.88. The summed E-state index contributed by atoms with van der Waals surface area (Å²) in [4.78, 5) is 6.76. The number of thiazole rings is 1. The predicted octanol–water partition coefficient (Wildman–Crippen LogP) is 2.37. The molecule has 1 aliphatic heterocycles. The first-order valence-electron chi connectivity index (χ1n) is 7.58. The lowest BCUT2D eigenvalue weighted by Gasteiger charge is -2.40. The van der Waals surface area contributed by atoms with Crippen molar-refractivity contribution in [1.82, 2.24) is 15.2 Å². The van der Waals surface area contributed by atoms with Crippen molar-refractivity contribution in [3.63, 3.8) is 0 Å². The Kier molecular flexibility index (Phi) is 6.42. The fourth-order valence-corrected chi connectivity index (χ4v) is 3.53. The Hall–Kier alpha value is -0.490. The van der Waals surface area contributed by atoms with Gasteiger partial charge in [0.05, 0.1) is 17.8 Å². The monoisotopic (exact) mass is 297 g/mol. The molecule has 1 atom stereocenters. The van der Waals surface area contributed by atoms with Crippen LogP contribution in [-0.4, -0.2) is 49.8 Å². The summed E-state index contributed by atoms with van der Waals surface area (Å²) in [5.41, 5.74) is 3.34. The van der Waals surface area contributed by atoms with Gasteiger partial charge in [-0.1, -0.05) is 6.92 Å². The van der Waals surface area contributed by atoms with E-state index in [0.717, 1.165) is 39.4 Å². The van der Waals surface area contributed by atoms with E-state index in [2.05, 4.69) is 34.6 Å². The molecule has 5 heteroatoms. The van der Waals surface area contributed by atoms with Gasteiger partial charge in [0.2, 0.25) is 0 Å². The summed E-state index contributed by atoms with van der Waals surface area (Å²) in [6.07, 6.45) is 3.62.